The maximum absolute atomic E-state index is 5.88. The first-order valence-electron chi connectivity index (χ1n) is 9.01. The second kappa shape index (κ2) is 6.94. The fourth-order valence-corrected chi connectivity index (χ4v) is 4.76. The standard InChI is InChI=1S/C18H26N4OS/c1-13-18-19-9-17(11-23-10-15-12-24-14(2)20-15)22(18)8-7-21(13)16-5-3-4-6-16/h9,12-13,16H,3-8,10-11H2,1-2H3/t13-/m0/s1. The van der Waals surface area contributed by atoms with Gasteiger partial charge < -0.3 is 9.30 Å². The van der Waals surface area contributed by atoms with E-state index in [4.69, 9.17) is 9.72 Å². The van der Waals surface area contributed by atoms with Crippen molar-refractivity contribution in [3.05, 3.63) is 33.8 Å². The Morgan fingerprint density at radius 2 is 2.08 bits per heavy atom. The number of aryl methyl sites for hydroxylation is 1. The summed E-state index contributed by atoms with van der Waals surface area (Å²) in [5, 5.41) is 3.17. The average molecular weight is 347 g/mol. The Morgan fingerprint density at radius 1 is 1.25 bits per heavy atom. The first-order valence-corrected chi connectivity index (χ1v) is 9.89. The number of nitrogens with zero attached hydrogens (tertiary/aromatic N) is 4. The van der Waals surface area contributed by atoms with Crippen LogP contribution in [0.15, 0.2) is 11.6 Å². The third kappa shape index (κ3) is 3.15. The lowest BCUT2D eigenvalue weighted by atomic mass is 10.1. The molecule has 5 nitrogen and oxygen atoms in total. The van der Waals surface area contributed by atoms with Gasteiger partial charge in [0.15, 0.2) is 0 Å². The number of hydrogen-bond donors (Lipinski definition) is 0. The van der Waals surface area contributed by atoms with Gasteiger partial charge in [0.05, 0.1) is 41.8 Å². The van der Waals surface area contributed by atoms with Gasteiger partial charge in [-0.2, -0.15) is 0 Å². The quantitative estimate of drug-likeness (QED) is 0.828. The highest BCUT2D eigenvalue weighted by Gasteiger charge is 2.32. The Bertz CT molecular complexity index is 689. The summed E-state index contributed by atoms with van der Waals surface area (Å²) in [6, 6.07) is 1.18. The van der Waals surface area contributed by atoms with Crippen LogP contribution in [-0.4, -0.2) is 32.0 Å². The van der Waals surface area contributed by atoms with Crippen LogP contribution in [0.1, 0.15) is 60.9 Å². The minimum atomic E-state index is 0.414. The van der Waals surface area contributed by atoms with E-state index in [1.807, 2.05) is 13.1 Å². The molecule has 1 aliphatic heterocycles. The minimum Gasteiger partial charge on any atom is -0.369 e. The molecule has 1 aliphatic carbocycles. The summed E-state index contributed by atoms with van der Waals surface area (Å²) >= 11 is 1.67. The van der Waals surface area contributed by atoms with Crippen molar-refractivity contribution in [2.75, 3.05) is 6.54 Å². The predicted octanol–water partition coefficient (Wildman–Crippen LogP) is 3.68. The Morgan fingerprint density at radius 3 is 2.83 bits per heavy atom. The zero-order chi connectivity index (χ0) is 16.5. The summed E-state index contributed by atoms with van der Waals surface area (Å²) in [7, 11) is 0. The van der Waals surface area contributed by atoms with Crippen LogP contribution in [-0.2, 0) is 24.5 Å². The number of thiazole rings is 1. The van der Waals surface area contributed by atoms with Gasteiger partial charge in [0, 0.05) is 24.5 Å². The lowest BCUT2D eigenvalue weighted by Gasteiger charge is -2.38. The summed E-state index contributed by atoms with van der Waals surface area (Å²) in [6.07, 6.45) is 7.48. The van der Waals surface area contributed by atoms with E-state index in [0.29, 0.717) is 19.3 Å². The number of fused-ring (bicyclic) bond motifs is 1. The highest BCUT2D eigenvalue weighted by molar-refractivity contribution is 7.09. The molecule has 0 N–H and O–H groups in total. The Labute approximate surface area is 147 Å². The zero-order valence-corrected chi connectivity index (χ0v) is 15.4. The maximum Gasteiger partial charge on any atom is 0.126 e. The fourth-order valence-electron chi connectivity index (χ4n) is 4.16. The number of rotatable bonds is 5. The molecule has 0 aromatic carbocycles. The average Bonchev–Trinajstić information content (AvgIpc) is 3.30. The monoisotopic (exact) mass is 346 g/mol. The van der Waals surface area contributed by atoms with Gasteiger partial charge in [0.25, 0.3) is 0 Å². The van der Waals surface area contributed by atoms with Gasteiger partial charge in [-0.05, 0) is 26.7 Å². The maximum atomic E-state index is 5.88. The van der Waals surface area contributed by atoms with Crippen LogP contribution in [0.4, 0.5) is 0 Å². The van der Waals surface area contributed by atoms with E-state index in [1.54, 1.807) is 11.3 Å². The Balaban J connectivity index is 1.39. The van der Waals surface area contributed by atoms with Gasteiger partial charge in [-0.25, -0.2) is 9.97 Å². The first-order chi connectivity index (χ1) is 11.7. The molecule has 1 fully saturated rings. The molecule has 130 valence electrons. The number of hydrogen-bond acceptors (Lipinski definition) is 5. The van der Waals surface area contributed by atoms with Crippen molar-refractivity contribution in [2.45, 2.75) is 71.4 Å². The molecule has 0 amide bonds. The normalized spacial score (nSPS) is 22.2. The number of ether oxygens (including phenoxy) is 1. The number of imidazole rings is 1. The van der Waals surface area contributed by atoms with Gasteiger partial charge >= 0.3 is 0 Å². The summed E-state index contributed by atoms with van der Waals surface area (Å²) in [4.78, 5) is 11.8. The largest absolute Gasteiger partial charge is 0.369 e. The molecule has 0 bridgehead atoms. The Hall–Kier alpha value is -1.24. The lowest BCUT2D eigenvalue weighted by Crippen LogP contribution is -2.43. The van der Waals surface area contributed by atoms with Gasteiger partial charge in [-0.3, -0.25) is 4.90 Å². The molecule has 0 unspecified atom stereocenters. The fraction of sp³-hybridized carbons (Fsp3) is 0.667. The van der Waals surface area contributed by atoms with Crippen LogP contribution >= 0.6 is 11.3 Å². The molecule has 3 heterocycles. The molecule has 0 radical (unpaired) electrons. The molecular weight excluding hydrogens is 320 g/mol. The van der Waals surface area contributed by atoms with E-state index in [2.05, 4.69) is 26.8 Å². The summed E-state index contributed by atoms with van der Waals surface area (Å²) in [5.41, 5.74) is 2.21. The van der Waals surface area contributed by atoms with Crippen molar-refractivity contribution in [1.29, 1.82) is 0 Å². The number of aromatic nitrogens is 3. The molecule has 1 atom stereocenters. The van der Waals surface area contributed by atoms with E-state index in [9.17, 15) is 0 Å². The van der Waals surface area contributed by atoms with Crippen molar-refractivity contribution in [2.24, 2.45) is 0 Å². The third-order valence-electron chi connectivity index (χ3n) is 5.38. The highest BCUT2D eigenvalue weighted by atomic mass is 32.1. The minimum absolute atomic E-state index is 0.414. The Kier molecular flexibility index (Phi) is 4.70. The molecule has 2 aromatic heterocycles. The van der Waals surface area contributed by atoms with E-state index < -0.39 is 0 Å². The smallest absolute Gasteiger partial charge is 0.126 e. The highest BCUT2D eigenvalue weighted by Crippen LogP contribution is 2.33. The van der Waals surface area contributed by atoms with E-state index in [0.717, 1.165) is 29.8 Å². The van der Waals surface area contributed by atoms with E-state index in [1.165, 1.54) is 37.2 Å². The molecule has 4 rings (SSSR count). The van der Waals surface area contributed by atoms with Crippen LogP contribution in [0.2, 0.25) is 0 Å². The molecule has 24 heavy (non-hydrogen) atoms. The van der Waals surface area contributed by atoms with Gasteiger partial charge in [-0.1, -0.05) is 12.8 Å². The molecular formula is C18H26N4OS. The van der Waals surface area contributed by atoms with Crippen molar-refractivity contribution in [3.8, 4) is 0 Å². The second-order valence-corrected chi connectivity index (χ2v) is 8.02. The van der Waals surface area contributed by atoms with E-state index >= 15 is 0 Å². The lowest BCUT2D eigenvalue weighted by molar-refractivity contribution is 0.0880. The zero-order valence-electron chi connectivity index (χ0n) is 14.6. The van der Waals surface area contributed by atoms with Crippen molar-refractivity contribution < 1.29 is 4.74 Å². The summed E-state index contributed by atoms with van der Waals surface area (Å²) in [6.45, 7) is 7.69. The van der Waals surface area contributed by atoms with Crippen molar-refractivity contribution >= 4 is 11.3 Å². The van der Waals surface area contributed by atoms with Gasteiger partial charge in [0.1, 0.15) is 5.82 Å². The first kappa shape index (κ1) is 16.2. The van der Waals surface area contributed by atoms with Crippen LogP contribution < -0.4 is 0 Å². The van der Waals surface area contributed by atoms with E-state index in [-0.39, 0.29) is 0 Å². The second-order valence-electron chi connectivity index (χ2n) is 6.96. The van der Waals surface area contributed by atoms with Crippen molar-refractivity contribution in [3.63, 3.8) is 0 Å². The molecule has 0 spiro atoms. The topological polar surface area (TPSA) is 43.2 Å². The van der Waals surface area contributed by atoms with Gasteiger partial charge in [0.2, 0.25) is 0 Å². The molecule has 2 aliphatic rings. The third-order valence-corrected chi connectivity index (χ3v) is 6.20. The predicted molar refractivity (Wildman–Crippen MR) is 94.9 cm³/mol. The summed E-state index contributed by atoms with van der Waals surface area (Å²) in [5.74, 6) is 1.20. The van der Waals surface area contributed by atoms with Crippen LogP contribution in [0.5, 0.6) is 0 Å². The van der Waals surface area contributed by atoms with Gasteiger partial charge in [-0.15, -0.1) is 11.3 Å². The van der Waals surface area contributed by atoms with Crippen molar-refractivity contribution in [1.82, 2.24) is 19.4 Å². The summed E-state index contributed by atoms with van der Waals surface area (Å²) < 4.78 is 8.24. The van der Waals surface area contributed by atoms with Crippen LogP contribution in [0, 0.1) is 6.92 Å². The van der Waals surface area contributed by atoms with Crippen LogP contribution in [0.3, 0.4) is 0 Å². The molecule has 0 saturated heterocycles. The molecule has 1 saturated carbocycles. The SMILES string of the molecule is Cc1nc(COCc2cnc3n2CCN(C2CCCC2)[C@H]3C)cs1. The molecule has 2 aromatic rings. The van der Waals surface area contributed by atoms with Crippen LogP contribution in [0.25, 0.3) is 0 Å². The molecule has 6 heteroatoms.